The van der Waals surface area contributed by atoms with E-state index in [0.29, 0.717) is 37.7 Å². The Kier molecular flexibility index (Phi) is 16.9. The predicted octanol–water partition coefficient (Wildman–Crippen LogP) is -1.89. The summed E-state index contributed by atoms with van der Waals surface area (Å²) in [6.07, 6.45) is -26.3. The SMILES string of the molecule is CC=C(C)C(=O)O[C@H]1[C@H](O)[C@]2(CO)[C@H](O)C[C@]3(C)C(=CC[C@@H]4[C@@]5(C)CC[C@H](O[C@@H]6O[C@H](C(=O)O)[C@@H](O[C@@H]7O[C@H](CO)[C@@H](O)[C@H](O)[C@H]7O)[C@H](O)[C@H]6O[C@@H]6O[C@H](CO)[C@@H](O)[C@H](O)[C@H]6O)[C@](C)(CO)[C@@H]5CC[C@]43C)[C@@H]2CC1(C)C. The fourth-order valence-corrected chi connectivity index (χ4v) is 15.9. The van der Waals surface area contributed by atoms with Gasteiger partial charge in [-0.1, -0.05) is 59.3 Å². The number of esters is 1. The van der Waals surface area contributed by atoms with E-state index in [4.69, 9.17) is 33.2 Å². The smallest absolute Gasteiger partial charge is 0.335 e. The lowest BCUT2D eigenvalue weighted by Gasteiger charge is -2.72. The number of carboxylic acids is 1. The zero-order valence-corrected chi connectivity index (χ0v) is 44.6. The maximum absolute atomic E-state index is 13.2. The molecule has 27 atom stereocenters. The van der Waals surface area contributed by atoms with Crippen molar-refractivity contribution in [2.45, 2.75) is 217 Å². The number of allylic oxidation sites excluding steroid dienone is 3. The summed E-state index contributed by atoms with van der Waals surface area (Å²) in [5.41, 5.74) is -3.57. The summed E-state index contributed by atoms with van der Waals surface area (Å²) in [5, 5.41) is 155. The molecule has 7 fully saturated rings. The molecule has 0 aromatic carbocycles. The molecule has 0 unspecified atom stereocenters. The van der Waals surface area contributed by atoms with Crippen LogP contribution in [0.3, 0.4) is 0 Å². The molecule has 3 aliphatic heterocycles. The van der Waals surface area contributed by atoms with E-state index in [2.05, 4.69) is 26.8 Å². The van der Waals surface area contributed by atoms with E-state index < -0.39 is 193 Å². The van der Waals surface area contributed by atoms with Crippen molar-refractivity contribution in [1.29, 1.82) is 0 Å². The molecule has 0 amide bonds. The molecule has 434 valence electrons. The number of carbonyl (C=O) groups is 2. The molecule has 5 aliphatic carbocycles. The summed E-state index contributed by atoms with van der Waals surface area (Å²) in [6, 6.07) is 0. The maximum Gasteiger partial charge on any atom is 0.335 e. The lowest BCUT2D eigenvalue weighted by atomic mass is 9.33. The van der Waals surface area contributed by atoms with Crippen LogP contribution in [0.25, 0.3) is 0 Å². The summed E-state index contributed by atoms with van der Waals surface area (Å²) in [7, 11) is 0. The third-order valence-corrected chi connectivity index (χ3v) is 20.8. The first kappa shape index (κ1) is 59.8. The van der Waals surface area contributed by atoms with Gasteiger partial charge in [-0.2, -0.15) is 0 Å². The van der Waals surface area contributed by atoms with Gasteiger partial charge < -0.3 is 105 Å². The van der Waals surface area contributed by atoms with Gasteiger partial charge >= 0.3 is 11.9 Å². The molecule has 4 saturated carbocycles. The monoisotopic (exact) mass is 1090 g/mol. The number of carboxylic acid groups (broad SMARTS) is 1. The molecular formula is C53H84O23. The van der Waals surface area contributed by atoms with Crippen molar-refractivity contribution in [3.05, 3.63) is 23.3 Å². The van der Waals surface area contributed by atoms with Gasteiger partial charge in [0.2, 0.25) is 0 Å². The van der Waals surface area contributed by atoms with Crippen LogP contribution in [-0.4, -0.2) is 226 Å². The summed E-state index contributed by atoms with van der Waals surface area (Å²) in [4.78, 5) is 26.2. The predicted molar refractivity (Wildman–Crippen MR) is 259 cm³/mol. The van der Waals surface area contributed by atoms with Crippen LogP contribution >= 0.6 is 0 Å². The van der Waals surface area contributed by atoms with Crippen LogP contribution in [0.1, 0.15) is 100 Å². The fourth-order valence-electron chi connectivity index (χ4n) is 15.9. The van der Waals surface area contributed by atoms with Crippen LogP contribution in [0, 0.1) is 50.2 Å². The van der Waals surface area contributed by atoms with Gasteiger partial charge in [0.1, 0.15) is 79.4 Å². The zero-order valence-electron chi connectivity index (χ0n) is 44.6. The summed E-state index contributed by atoms with van der Waals surface area (Å²) in [6.45, 7) is 12.9. The summed E-state index contributed by atoms with van der Waals surface area (Å²) < 4.78 is 41.9. The fraction of sp³-hybridized carbons (Fsp3) is 0.887. The first-order valence-electron chi connectivity index (χ1n) is 26.8. The van der Waals surface area contributed by atoms with Crippen molar-refractivity contribution >= 4 is 11.9 Å². The highest BCUT2D eigenvalue weighted by Gasteiger charge is 2.73. The lowest BCUT2D eigenvalue weighted by Crippen LogP contribution is -2.72. The molecule has 0 aromatic heterocycles. The second-order valence-corrected chi connectivity index (χ2v) is 24.9. The molecule has 8 aliphatic rings. The van der Waals surface area contributed by atoms with E-state index in [1.54, 1.807) is 19.9 Å². The van der Waals surface area contributed by atoms with Crippen molar-refractivity contribution in [2.75, 3.05) is 26.4 Å². The molecule has 0 radical (unpaired) electrons. The molecule has 8 rings (SSSR count). The molecule has 0 bridgehead atoms. The average molecular weight is 1090 g/mol. The Balaban J connectivity index is 1.10. The van der Waals surface area contributed by atoms with Crippen LogP contribution in [0.5, 0.6) is 0 Å². The van der Waals surface area contributed by atoms with Gasteiger partial charge in [-0.25, -0.2) is 9.59 Å². The Labute approximate surface area is 442 Å². The van der Waals surface area contributed by atoms with Crippen LogP contribution in [0.2, 0.25) is 0 Å². The van der Waals surface area contributed by atoms with Crippen molar-refractivity contribution < 1.29 is 114 Å². The van der Waals surface area contributed by atoms with E-state index in [1.807, 2.05) is 20.8 Å². The molecule has 3 saturated heterocycles. The molecular weight excluding hydrogens is 1000 g/mol. The number of hydrogen-bond donors (Lipinski definition) is 14. The van der Waals surface area contributed by atoms with Crippen LogP contribution in [0.15, 0.2) is 23.3 Å². The molecule has 0 spiro atoms. The first-order chi connectivity index (χ1) is 35.5. The van der Waals surface area contributed by atoms with Gasteiger partial charge in [-0.15, -0.1) is 0 Å². The number of fused-ring (bicyclic) bond motifs is 7. The van der Waals surface area contributed by atoms with Gasteiger partial charge in [-0.3, -0.25) is 0 Å². The van der Waals surface area contributed by atoms with Crippen molar-refractivity contribution in [2.24, 2.45) is 50.2 Å². The minimum absolute atomic E-state index is 0.0566. The Morgan fingerprint density at radius 3 is 1.79 bits per heavy atom. The summed E-state index contributed by atoms with van der Waals surface area (Å²) >= 11 is 0. The number of aliphatic hydroxyl groups excluding tert-OH is 13. The standard InChI is InChI=1S/C53H84O23/c1-9-22(2)44(69)76-42-41(66)53(21-57)24(16-48(42,3)4)23-10-11-28-49(5)14-13-30(50(6,20-56)27(49)12-15-51(28,7)52(23,8)17-29(53)58)72-47-39(74-46-36(64)34(62)32(60)26(19-55)71-46)37(65)38(40(75-47)43(67)68)73-45-35(63)33(61)31(59)25(18-54)70-45/h9-10,24-42,45-47,54-66H,11-21H2,1-8H3,(H,67,68)/t24-,25+,26+,27+,28+,29+,30-,31+,32+,33-,34-,35+,36+,37-,38-,39+,40-,41-,42-,45-,46-,47+,49-,50+,51+,52+,53-/m0/s1. The Hall–Kier alpha value is -2.34. The van der Waals surface area contributed by atoms with E-state index >= 15 is 0 Å². The van der Waals surface area contributed by atoms with Gasteiger partial charge in [0, 0.05) is 16.4 Å². The lowest BCUT2D eigenvalue weighted by molar-refractivity contribution is -0.392. The molecule has 14 N–H and O–H groups in total. The van der Waals surface area contributed by atoms with Gasteiger partial charge in [0.05, 0.1) is 44.1 Å². The highest BCUT2D eigenvalue weighted by molar-refractivity contribution is 5.87. The second-order valence-electron chi connectivity index (χ2n) is 24.9. The topological polar surface area (TPSA) is 382 Å². The molecule has 3 heterocycles. The normalized spacial score (nSPS) is 52.3. The van der Waals surface area contributed by atoms with E-state index in [0.717, 1.165) is 5.57 Å². The van der Waals surface area contributed by atoms with Crippen molar-refractivity contribution in [1.82, 2.24) is 0 Å². The number of rotatable bonds is 13. The number of carbonyl (C=O) groups excluding carboxylic acids is 1. The van der Waals surface area contributed by atoms with Crippen LogP contribution in [0.4, 0.5) is 0 Å². The minimum Gasteiger partial charge on any atom is -0.479 e. The quantitative estimate of drug-likeness (QED) is 0.0415. The van der Waals surface area contributed by atoms with Crippen LogP contribution < -0.4 is 0 Å². The van der Waals surface area contributed by atoms with E-state index in [1.165, 1.54) is 0 Å². The van der Waals surface area contributed by atoms with Crippen LogP contribution in [-0.2, 0) is 42.7 Å². The van der Waals surface area contributed by atoms with Crippen molar-refractivity contribution in [3.63, 3.8) is 0 Å². The molecule has 23 nitrogen and oxygen atoms in total. The van der Waals surface area contributed by atoms with E-state index in [9.17, 15) is 81.1 Å². The highest BCUT2D eigenvalue weighted by atomic mass is 16.8. The Bertz CT molecular complexity index is 2170. The molecule has 23 heteroatoms. The first-order valence-corrected chi connectivity index (χ1v) is 26.8. The van der Waals surface area contributed by atoms with Gasteiger partial charge in [0.25, 0.3) is 0 Å². The number of aliphatic hydroxyl groups is 13. The number of aliphatic carboxylic acids is 1. The number of hydrogen-bond acceptors (Lipinski definition) is 22. The van der Waals surface area contributed by atoms with Crippen molar-refractivity contribution in [3.8, 4) is 0 Å². The van der Waals surface area contributed by atoms with E-state index in [-0.39, 0.29) is 24.7 Å². The zero-order chi connectivity index (χ0) is 56.2. The second kappa shape index (κ2) is 21.5. The maximum atomic E-state index is 13.2. The van der Waals surface area contributed by atoms with Gasteiger partial charge in [-0.05, 0) is 92.8 Å². The minimum atomic E-state index is -2.16. The largest absolute Gasteiger partial charge is 0.479 e. The molecule has 0 aromatic rings. The number of ether oxygens (including phenoxy) is 7. The summed E-state index contributed by atoms with van der Waals surface area (Å²) in [5.74, 6) is -3.12. The molecule has 76 heavy (non-hydrogen) atoms. The average Bonchev–Trinajstić information content (AvgIpc) is 3.58. The third kappa shape index (κ3) is 9.16. The third-order valence-electron chi connectivity index (χ3n) is 20.8. The Morgan fingerprint density at radius 1 is 0.684 bits per heavy atom. The van der Waals surface area contributed by atoms with Gasteiger partial charge in [0.15, 0.2) is 25.0 Å². The highest BCUT2D eigenvalue weighted by Crippen LogP contribution is 2.76. The Morgan fingerprint density at radius 2 is 1.26 bits per heavy atom.